The standard InChI is InChI=1S/C22H17F5N2O6/c1-34-20(31)16(9-5-8-14-6-3-2-4-7-14)28-19(30)15-10-11-17(29(32)33)18(12-15)35-13-21(23,24)22(25,26)27/h2-4,6-7,10-12,16H,9,13H2,1H3,(H,28,30)/t16-/m0/s1. The van der Waals surface area contributed by atoms with Gasteiger partial charge in [0, 0.05) is 29.7 Å². The molecular formula is C22H17F5N2O6. The number of esters is 1. The van der Waals surface area contributed by atoms with Gasteiger partial charge in [0.2, 0.25) is 0 Å². The molecule has 0 saturated carbocycles. The average molecular weight is 500 g/mol. The number of carbonyl (C=O) groups is 2. The molecule has 0 radical (unpaired) electrons. The molecule has 0 heterocycles. The number of nitrogens with zero attached hydrogens (tertiary/aromatic N) is 1. The summed E-state index contributed by atoms with van der Waals surface area (Å²) < 4.78 is 72.5. The normalized spacial score (nSPS) is 12.1. The molecule has 1 amide bonds. The molecule has 2 aromatic carbocycles. The molecule has 35 heavy (non-hydrogen) atoms. The van der Waals surface area contributed by atoms with Crippen LogP contribution in [0.25, 0.3) is 0 Å². The van der Waals surface area contributed by atoms with Crippen LogP contribution in [0.15, 0.2) is 48.5 Å². The van der Waals surface area contributed by atoms with Crippen LogP contribution < -0.4 is 10.1 Å². The third-order valence-electron chi connectivity index (χ3n) is 4.35. The zero-order valence-electron chi connectivity index (χ0n) is 17.9. The lowest BCUT2D eigenvalue weighted by molar-refractivity contribution is -0.386. The van der Waals surface area contributed by atoms with E-state index in [1.807, 2.05) is 0 Å². The number of methoxy groups -OCH3 is 1. The van der Waals surface area contributed by atoms with E-state index in [9.17, 15) is 41.7 Å². The van der Waals surface area contributed by atoms with Gasteiger partial charge in [0.15, 0.2) is 12.4 Å². The minimum atomic E-state index is -5.95. The van der Waals surface area contributed by atoms with Gasteiger partial charge in [-0.15, -0.1) is 0 Å². The summed E-state index contributed by atoms with van der Waals surface area (Å²) in [6.45, 7) is -2.25. The van der Waals surface area contributed by atoms with Crippen molar-refractivity contribution in [3.8, 4) is 17.6 Å². The van der Waals surface area contributed by atoms with Gasteiger partial charge in [0.05, 0.1) is 12.0 Å². The van der Waals surface area contributed by atoms with Crippen molar-refractivity contribution in [1.82, 2.24) is 5.32 Å². The maximum atomic E-state index is 13.2. The first kappa shape index (κ1) is 27.0. The molecule has 0 aliphatic heterocycles. The fourth-order valence-electron chi connectivity index (χ4n) is 2.53. The molecule has 0 aliphatic carbocycles. The van der Waals surface area contributed by atoms with Crippen LogP contribution >= 0.6 is 0 Å². The molecule has 2 aromatic rings. The van der Waals surface area contributed by atoms with Crippen LogP contribution in [0.4, 0.5) is 27.6 Å². The van der Waals surface area contributed by atoms with Gasteiger partial charge >= 0.3 is 23.8 Å². The predicted molar refractivity (Wildman–Crippen MR) is 111 cm³/mol. The Hall–Kier alpha value is -4.21. The zero-order valence-corrected chi connectivity index (χ0v) is 17.9. The first-order chi connectivity index (χ1) is 16.4. The second-order valence-electron chi connectivity index (χ2n) is 6.85. The molecule has 0 unspecified atom stereocenters. The number of ether oxygens (including phenoxy) is 2. The second kappa shape index (κ2) is 11.3. The molecule has 0 bridgehead atoms. The number of nitrogens with one attached hydrogen (secondary N) is 1. The lowest BCUT2D eigenvalue weighted by Crippen LogP contribution is -2.42. The molecule has 1 atom stereocenters. The molecule has 13 heteroatoms. The highest BCUT2D eigenvalue weighted by Gasteiger charge is 2.58. The van der Waals surface area contributed by atoms with E-state index < -0.39 is 58.5 Å². The minimum absolute atomic E-state index is 0.193. The van der Waals surface area contributed by atoms with E-state index in [-0.39, 0.29) is 6.42 Å². The highest BCUT2D eigenvalue weighted by molar-refractivity contribution is 5.97. The SMILES string of the molecule is COC(=O)[C@H](CC#Cc1ccccc1)NC(=O)c1ccc([N+](=O)[O-])c(OCC(F)(F)C(F)(F)F)c1. The first-order valence-corrected chi connectivity index (χ1v) is 9.64. The van der Waals surface area contributed by atoms with Gasteiger partial charge in [0.25, 0.3) is 5.91 Å². The number of hydrogen-bond donors (Lipinski definition) is 1. The van der Waals surface area contributed by atoms with Crippen molar-refractivity contribution in [3.05, 3.63) is 69.8 Å². The number of amides is 1. The fourth-order valence-corrected chi connectivity index (χ4v) is 2.53. The molecule has 0 spiro atoms. The maximum absolute atomic E-state index is 13.2. The molecule has 1 N–H and O–H groups in total. The quantitative estimate of drug-likeness (QED) is 0.194. The Labute approximate surface area is 195 Å². The van der Waals surface area contributed by atoms with Gasteiger partial charge in [-0.1, -0.05) is 30.0 Å². The monoisotopic (exact) mass is 500 g/mol. The zero-order chi connectivity index (χ0) is 26.2. The van der Waals surface area contributed by atoms with Gasteiger partial charge < -0.3 is 14.8 Å². The smallest absolute Gasteiger partial charge is 0.456 e. The lowest BCUT2D eigenvalue weighted by atomic mass is 10.1. The van der Waals surface area contributed by atoms with Crippen molar-refractivity contribution in [2.45, 2.75) is 24.6 Å². The van der Waals surface area contributed by atoms with E-state index in [4.69, 9.17) is 0 Å². The molecule has 0 fully saturated rings. The third-order valence-corrected chi connectivity index (χ3v) is 4.35. The summed E-state index contributed by atoms with van der Waals surface area (Å²) in [5.74, 6) is -2.71. The highest BCUT2D eigenvalue weighted by atomic mass is 19.4. The molecular weight excluding hydrogens is 483 g/mol. The van der Waals surface area contributed by atoms with Gasteiger partial charge in [-0.2, -0.15) is 22.0 Å². The van der Waals surface area contributed by atoms with Crippen molar-refractivity contribution in [1.29, 1.82) is 0 Å². The summed E-state index contributed by atoms with van der Waals surface area (Å²) in [6, 6.07) is 9.60. The topological polar surface area (TPSA) is 108 Å². The summed E-state index contributed by atoms with van der Waals surface area (Å²) in [7, 11) is 1.06. The van der Waals surface area contributed by atoms with Gasteiger partial charge in [-0.05, 0) is 18.2 Å². The van der Waals surface area contributed by atoms with Crippen molar-refractivity contribution in [2.75, 3.05) is 13.7 Å². The predicted octanol–water partition coefficient (Wildman–Crippen LogP) is 3.88. The van der Waals surface area contributed by atoms with Crippen molar-refractivity contribution in [3.63, 3.8) is 0 Å². The Kier molecular flexibility index (Phi) is 8.71. The van der Waals surface area contributed by atoms with E-state index in [0.717, 1.165) is 13.2 Å². The van der Waals surface area contributed by atoms with E-state index in [1.54, 1.807) is 30.3 Å². The van der Waals surface area contributed by atoms with Crippen LogP contribution in [0.5, 0.6) is 5.75 Å². The highest BCUT2D eigenvalue weighted by Crippen LogP contribution is 2.37. The Morgan fingerprint density at radius 1 is 1.11 bits per heavy atom. The summed E-state index contributed by atoms with van der Waals surface area (Å²) >= 11 is 0. The number of hydrogen-bond acceptors (Lipinski definition) is 6. The Morgan fingerprint density at radius 2 is 1.77 bits per heavy atom. The van der Waals surface area contributed by atoms with Gasteiger partial charge in [0.1, 0.15) is 6.04 Å². The lowest BCUT2D eigenvalue weighted by Gasteiger charge is -2.20. The van der Waals surface area contributed by atoms with Gasteiger partial charge in [-0.25, -0.2) is 4.79 Å². The van der Waals surface area contributed by atoms with Gasteiger partial charge in [-0.3, -0.25) is 14.9 Å². The molecule has 0 saturated heterocycles. The molecule has 0 aliphatic rings. The Balaban J connectivity index is 2.23. The number of nitro groups is 1. The Morgan fingerprint density at radius 3 is 2.34 bits per heavy atom. The number of benzene rings is 2. The van der Waals surface area contributed by atoms with Crippen LogP contribution in [0, 0.1) is 22.0 Å². The van der Waals surface area contributed by atoms with Crippen molar-refractivity contribution < 1.29 is 45.9 Å². The number of nitro benzene ring substituents is 1. The van der Waals surface area contributed by atoms with Crippen LogP contribution in [0.3, 0.4) is 0 Å². The molecule has 8 nitrogen and oxygen atoms in total. The van der Waals surface area contributed by atoms with Crippen LogP contribution in [-0.2, 0) is 9.53 Å². The molecule has 2 rings (SSSR count). The summed E-state index contributed by atoms with van der Waals surface area (Å²) in [5, 5.41) is 13.4. The molecule has 186 valence electrons. The Bertz CT molecular complexity index is 1140. The number of alkyl halides is 5. The largest absolute Gasteiger partial charge is 0.480 e. The minimum Gasteiger partial charge on any atom is -0.480 e. The van der Waals surface area contributed by atoms with E-state index in [2.05, 4.69) is 26.6 Å². The van der Waals surface area contributed by atoms with Crippen LogP contribution in [0.1, 0.15) is 22.3 Å². The summed E-state index contributed by atoms with van der Waals surface area (Å²) in [6.07, 6.45) is -6.15. The second-order valence-corrected chi connectivity index (χ2v) is 6.85. The summed E-state index contributed by atoms with van der Waals surface area (Å²) in [4.78, 5) is 34.6. The molecule has 0 aromatic heterocycles. The van der Waals surface area contributed by atoms with E-state index >= 15 is 0 Å². The average Bonchev–Trinajstić information content (AvgIpc) is 2.81. The van der Waals surface area contributed by atoms with Crippen LogP contribution in [-0.4, -0.2) is 48.7 Å². The van der Waals surface area contributed by atoms with Crippen molar-refractivity contribution in [2.24, 2.45) is 0 Å². The first-order valence-electron chi connectivity index (χ1n) is 9.64. The van der Waals surface area contributed by atoms with E-state index in [1.165, 1.54) is 0 Å². The van der Waals surface area contributed by atoms with E-state index in [0.29, 0.717) is 17.7 Å². The van der Waals surface area contributed by atoms with Crippen LogP contribution in [0.2, 0.25) is 0 Å². The number of carbonyl (C=O) groups excluding carboxylic acids is 2. The van der Waals surface area contributed by atoms with Crippen molar-refractivity contribution >= 4 is 17.6 Å². The number of rotatable bonds is 8. The third kappa shape index (κ3) is 7.39. The summed E-state index contributed by atoms with van der Waals surface area (Å²) in [5.41, 5.74) is -0.723. The number of halogens is 5. The maximum Gasteiger partial charge on any atom is 0.456 e. The fraction of sp³-hybridized carbons (Fsp3) is 0.273.